The van der Waals surface area contributed by atoms with Gasteiger partial charge in [0.05, 0.1) is 5.69 Å². The third-order valence-corrected chi connectivity index (χ3v) is 4.63. The van der Waals surface area contributed by atoms with Crippen molar-refractivity contribution in [2.45, 2.75) is 71.1 Å². The van der Waals surface area contributed by atoms with Crippen LogP contribution >= 0.6 is 0 Å². The van der Waals surface area contributed by atoms with Gasteiger partial charge in [0, 0.05) is 11.8 Å². The molecule has 2 rings (SSSR count). The Bertz CT molecular complexity index is 633. The van der Waals surface area contributed by atoms with Crippen LogP contribution in [0.25, 0.3) is 10.8 Å². The van der Waals surface area contributed by atoms with Gasteiger partial charge in [-0.25, -0.2) is 0 Å². The first-order chi connectivity index (χ1) is 12.3. The van der Waals surface area contributed by atoms with Gasteiger partial charge in [-0.3, -0.25) is 15.6 Å². The van der Waals surface area contributed by atoms with E-state index >= 15 is 0 Å². The van der Waals surface area contributed by atoms with Crippen molar-refractivity contribution in [3.63, 3.8) is 0 Å². The first kappa shape index (κ1) is 19.3. The predicted octanol–water partition coefficient (Wildman–Crippen LogP) is 6.20. The second kappa shape index (κ2) is 11.5. The van der Waals surface area contributed by atoms with Crippen LogP contribution in [0, 0.1) is 0 Å². The highest BCUT2D eigenvalue weighted by Crippen LogP contribution is 2.22. The molecule has 25 heavy (non-hydrogen) atoms. The predicted molar refractivity (Wildman–Crippen MR) is 108 cm³/mol. The summed E-state index contributed by atoms with van der Waals surface area (Å²) < 4.78 is 0. The van der Waals surface area contributed by atoms with Crippen molar-refractivity contribution in [2.24, 2.45) is 0 Å². The lowest BCUT2D eigenvalue weighted by molar-refractivity contribution is -0.120. The third kappa shape index (κ3) is 7.16. The van der Waals surface area contributed by atoms with E-state index in [-0.39, 0.29) is 5.91 Å². The Morgan fingerprint density at radius 3 is 2.20 bits per heavy atom. The Balaban J connectivity index is 1.58. The van der Waals surface area contributed by atoms with E-state index in [0.29, 0.717) is 6.42 Å². The lowest BCUT2D eigenvalue weighted by atomic mass is 10.1. The fourth-order valence-corrected chi connectivity index (χ4v) is 3.13. The van der Waals surface area contributed by atoms with Crippen LogP contribution in [0.5, 0.6) is 0 Å². The third-order valence-electron chi connectivity index (χ3n) is 4.63. The first-order valence-electron chi connectivity index (χ1n) is 9.84. The number of rotatable bonds is 12. The van der Waals surface area contributed by atoms with Gasteiger partial charge in [0.1, 0.15) is 0 Å². The van der Waals surface area contributed by atoms with Crippen molar-refractivity contribution in [1.82, 2.24) is 5.43 Å². The van der Waals surface area contributed by atoms with Gasteiger partial charge in [0.25, 0.3) is 0 Å². The first-order valence-corrected chi connectivity index (χ1v) is 9.84. The Morgan fingerprint density at radius 1 is 0.800 bits per heavy atom. The SMILES string of the molecule is CCCCCCCCCCCC(=O)NNc1cccc2ccccc12. The molecule has 0 aliphatic carbocycles. The van der Waals surface area contributed by atoms with Gasteiger partial charge in [-0.1, -0.05) is 94.7 Å². The second-order valence-corrected chi connectivity index (χ2v) is 6.78. The number of anilines is 1. The van der Waals surface area contributed by atoms with E-state index in [0.717, 1.165) is 23.9 Å². The molecule has 0 aliphatic heterocycles. The molecule has 0 bridgehead atoms. The lowest BCUT2D eigenvalue weighted by Crippen LogP contribution is -2.29. The minimum atomic E-state index is 0.0656. The minimum Gasteiger partial charge on any atom is -0.298 e. The molecule has 0 aromatic heterocycles. The van der Waals surface area contributed by atoms with Gasteiger partial charge in [0.2, 0.25) is 5.91 Å². The van der Waals surface area contributed by atoms with Gasteiger partial charge in [0.15, 0.2) is 0 Å². The van der Waals surface area contributed by atoms with Crippen LogP contribution in [-0.2, 0) is 4.79 Å². The Labute approximate surface area is 152 Å². The highest BCUT2D eigenvalue weighted by Gasteiger charge is 2.03. The number of fused-ring (bicyclic) bond motifs is 1. The van der Waals surface area contributed by atoms with Crippen LogP contribution in [0.3, 0.4) is 0 Å². The Kier molecular flexibility index (Phi) is 8.89. The van der Waals surface area contributed by atoms with Crippen molar-refractivity contribution in [3.8, 4) is 0 Å². The largest absolute Gasteiger partial charge is 0.298 e. The van der Waals surface area contributed by atoms with Crippen molar-refractivity contribution in [2.75, 3.05) is 5.43 Å². The monoisotopic (exact) mass is 340 g/mol. The van der Waals surface area contributed by atoms with Crippen LogP contribution in [0.1, 0.15) is 71.1 Å². The van der Waals surface area contributed by atoms with E-state index < -0.39 is 0 Å². The summed E-state index contributed by atoms with van der Waals surface area (Å²) in [5.74, 6) is 0.0656. The van der Waals surface area contributed by atoms with Crippen molar-refractivity contribution in [3.05, 3.63) is 42.5 Å². The maximum atomic E-state index is 12.0. The summed E-state index contributed by atoms with van der Waals surface area (Å²) in [7, 11) is 0. The molecule has 2 N–H and O–H groups in total. The number of hydrogen-bond acceptors (Lipinski definition) is 2. The molecule has 2 aromatic rings. The number of unbranched alkanes of at least 4 members (excludes halogenated alkanes) is 8. The van der Waals surface area contributed by atoms with Gasteiger partial charge in [-0.05, 0) is 17.9 Å². The summed E-state index contributed by atoms with van der Waals surface area (Å²) in [5, 5.41) is 2.29. The summed E-state index contributed by atoms with van der Waals surface area (Å²) >= 11 is 0. The average Bonchev–Trinajstić information content (AvgIpc) is 2.65. The maximum absolute atomic E-state index is 12.0. The maximum Gasteiger partial charge on any atom is 0.238 e. The van der Waals surface area contributed by atoms with E-state index in [1.165, 1.54) is 50.3 Å². The number of nitrogens with one attached hydrogen (secondary N) is 2. The molecule has 0 spiro atoms. The molecule has 3 heteroatoms. The van der Waals surface area contributed by atoms with Gasteiger partial charge >= 0.3 is 0 Å². The van der Waals surface area contributed by atoms with Crippen LogP contribution in [-0.4, -0.2) is 5.91 Å². The Morgan fingerprint density at radius 2 is 1.44 bits per heavy atom. The molecule has 0 saturated heterocycles. The molecular weight excluding hydrogens is 308 g/mol. The fraction of sp³-hybridized carbons (Fsp3) is 0.500. The second-order valence-electron chi connectivity index (χ2n) is 6.78. The van der Waals surface area contributed by atoms with Crippen LogP contribution < -0.4 is 10.9 Å². The quantitative estimate of drug-likeness (QED) is 0.356. The highest BCUT2D eigenvalue weighted by atomic mass is 16.2. The zero-order chi connectivity index (χ0) is 17.7. The summed E-state index contributed by atoms with van der Waals surface area (Å²) in [6.07, 6.45) is 12.0. The summed E-state index contributed by atoms with van der Waals surface area (Å²) in [5.41, 5.74) is 6.84. The molecule has 1 amide bonds. The fourth-order valence-electron chi connectivity index (χ4n) is 3.13. The number of benzene rings is 2. The topological polar surface area (TPSA) is 41.1 Å². The summed E-state index contributed by atoms with van der Waals surface area (Å²) in [6, 6.07) is 14.2. The number of hydrogen-bond donors (Lipinski definition) is 2. The molecule has 3 nitrogen and oxygen atoms in total. The number of carbonyl (C=O) groups is 1. The molecular formula is C22H32N2O. The van der Waals surface area contributed by atoms with E-state index in [2.05, 4.69) is 36.0 Å². The Hall–Kier alpha value is -2.03. The molecule has 0 heterocycles. The lowest BCUT2D eigenvalue weighted by Gasteiger charge is -2.11. The number of hydrazine groups is 1. The number of amides is 1. The molecule has 0 fully saturated rings. The van der Waals surface area contributed by atoms with E-state index in [1.54, 1.807) is 0 Å². The number of carbonyl (C=O) groups excluding carboxylic acids is 1. The van der Waals surface area contributed by atoms with Crippen molar-refractivity contribution >= 4 is 22.4 Å². The molecule has 2 aromatic carbocycles. The van der Waals surface area contributed by atoms with E-state index in [9.17, 15) is 4.79 Å². The smallest absolute Gasteiger partial charge is 0.238 e. The van der Waals surface area contributed by atoms with Crippen LogP contribution in [0.4, 0.5) is 5.69 Å². The minimum absolute atomic E-state index is 0.0656. The van der Waals surface area contributed by atoms with Crippen molar-refractivity contribution in [1.29, 1.82) is 0 Å². The molecule has 136 valence electrons. The molecule has 0 radical (unpaired) electrons. The van der Waals surface area contributed by atoms with Gasteiger partial charge in [-0.2, -0.15) is 0 Å². The summed E-state index contributed by atoms with van der Waals surface area (Å²) in [6.45, 7) is 2.25. The summed E-state index contributed by atoms with van der Waals surface area (Å²) in [4.78, 5) is 12.0. The normalized spacial score (nSPS) is 10.8. The van der Waals surface area contributed by atoms with Gasteiger partial charge < -0.3 is 0 Å². The standard InChI is InChI=1S/C22H32N2O/c1-2-3-4-5-6-7-8-9-10-18-22(25)24-23-21-17-13-15-19-14-11-12-16-20(19)21/h11-17,23H,2-10,18H2,1H3,(H,24,25). The molecule has 0 saturated carbocycles. The average molecular weight is 341 g/mol. The van der Waals surface area contributed by atoms with E-state index in [4.69, 9.17) is 0 Å². The zero-order valence-corrected chi connectivity index (χ0v) is 15.5. The van der Waals surface area contributed by atoms with Gasteiger partial charge in [-0.15, -0.1) is 0 Å². The highest BCUT2D eigenvalue weighted by molar-refractivity contribution is 5.94. The zero-order valence-electron chi connectivity index (χ0n) is 15.5. The van der Waals surface area contributed by atoms with Crippen LogP contribution in [0.2, 0.25) is 0 Å². The van der Waals surface area contributed by atoms with Crippen molar-refractivity contribution < 1.29 is 4.79 Å². The van der Waals surface area contributed by atoms with E-state index in [1.807, 2.05) is 24.3 Å². The van der Waals surface area contributed by atoms with Crippen LogP contribution in [0.15, 0.2) is 42.5 Å². The molecule has 0 unspecified atom stereocenters. The molecule has 0 aliphatic rings. The molecule has 0 atom stereocenters.